The van der Waals surface area contributed by atoms with Crippen molar-refractivity contribution >= 4 is 16.9 Å². The van der Waals surface area contributed by atoms with Crippen molar-refractivity contribution in [1.29, 1.82) is 0 Å². The highest BCUT2D eigenvalue weighted by atomic mass is 16.3. The molecular formula is C17H21N5O. The Morgan fingerprint density at radius 1 is 1.35 bits per heavy atom. The summed E-state index contributed by atoms with van der Waals surface area (Å²) in [4.78, 5) is 14.7. The van der Waals surface area contributed by atoms with Gasteiger partial charge >= 0.3 is 0 Å². The highest BCUT2D eigenvalue weighted by molar-refractivity contribution is 5.81. The van der Waals surface area contributed by atoms with E-state index in [1.165, 1.54) is 18.4 Å². The second kappa shape index (κ2) is 6.04. The molecule has 1 saturated heterocycles. The van der Waals surface area contributed by atoms with Crippen LogP contribution in [0.1, 0.15) is 30.2 Å². The minimum Gasteiger partial charge on any atom is -0.447 e. The fourth-order valence-electron chi connectivity index (χ4n) is 3.26. The van der Waals surface area contributed by atoms with E-state index in [9.17, 15) is 0 Å². The second-order valence-corrected chi connectivity index (χ2v) is 6.19. The van der Waals surface area contributed by atoms with Crippen LogP contribution in [0.2, 0.25) is 0 Å². The fraction of sp³-hybridized carbons (Fsp3) is 0.412. The number of aromatic nitrogens is 3. The Balaban J connectivity index is 1.56. The number of fused-ring (bicyclic) bond motifs is 1. The summed E-state index contributed by atoms with van der Waals surface area (Å²) in [7, 11) is 2.19. The van der Waals surface area contributed by atoms with Gasteiger partial charge in [-0.15, -0.1) is 0 Å². The number of pyridine rings is 1. The molecule has 4 rings (SSSR count). The maximum atomic E-state index is 5.24. The lowest BCUT2D eigenvalue weighted by molar-refractivity contribution is 0.256. The summed E-state index contributed by atoms with van der Waals surface area (Å²) in [6, 6.07) is 4.07. The molecule has 0 unspecified atom stereocenters. The van der Waals surface area contributed by atoms with Gasteiger partial charge in [-0.3, -0.25) is 0 Å². The van der Waals surface area contributed by atoms with Crippen LogP contribution >= 0.6 is 0 Å². The first kappa shape index (κ1) is 14.3. The van der Waals surface area contributed by atoms with Crippen LogP contribution in [0, 0.1) is 0 Å². The van der Waals surface area contributed by atoms with E-state index < -0.39 is 0 Å². The van der Waals surface area contributed by atoms with Crippen molar-refractivity contribution in [3.05, 3.63) is 42.2 Å². The van der Waals surface area contributed by atoms with Gasteiger partial charge in [-0.25, -0.2) is 9.97 Å². The van der Waals surface area contributed by atoms with E-state index in [2.05, 4.69) is 39.5 Å². The van der Waals surface area contributed by atoms with Crippen LogP contribution in [-0.4, -0.2) is 40.0 Å². The number of anilines is 1. The van der Waals surface area contributed by atoms with Gasteiger partial charge in [0.15, 0.2) is 0 Å². The maximum Gasteiger partial charge on any atom is 0.213 e. The van der Waals surface area contributed by atoms with E-state index in [0.29, 0.717) is 18.4 Å². The predicted molar refractivity (Wildman–Crippen MR) is 89.4 cm³/mol. The molecule has 0 aromatic carbocycles. The molecular weight excluding hydrogens is 290 g/mol. The lowest BCUT2D eigenvalue weighted by atomic mass is 9.91. The second-order valence-electron chi connectivity index (χ2n) is 6.19. The topological polar surface area (TPSA) is 70.0 Å². The van der Waals surface area contributed by atoms with Crippen molar-refractivity contribution in [2.75, 3.05) is 25.5 Å². The third kappa shape index (κ3) is 2.94. The van der Waals surface area contributed by atoms with Crippen molar-refractivity contribution in [2.24, 2.45) is 0 Å². The molecule has 6 heteroatoms. The number of oxazole rings is 1. The van der Waals surface area contributed by atoms with E-state index in [1.54, 1.807) is 12.5 Å². The van der Waals surface area contributed by atoms with Crippen molar-refractivity contribution in [3.8, 4) is 0 Å². The lowest BCUT2D eigenvalue weighted by Crippen LogP contribution is -2.29. The number of piperidine rings is 1. The summed E-state index contributed by atoms with van der Waals surface area (Å²) in [6.07, 6.45) is 7.75. The van der Waals surface area contributed by atoms with Crippen LogP contribution in [-0.2, 0) is 6.54 Å². The highest BCUT2D eigenvalue weighted by Gasteiger charge is 2.21. The molecule has 1 aliphatic heterocycles. The van der Waals surface area contributed by atoms with Gasteiger partial charge in [0.05, 0.1) is 23.8 Å². The van der Waals surface area contributed by atoms with Gasteiger partial charge in [0.2, 0.25) is 5.89 Å². The smallest absolute Gasteiger partial charge is 0.213 e. The zero-order valence-corrected chi connectivity index (χ0v) is 13.2. The summed E-state index contributed by atoms with van der Waals surface area (Å²) in [6.45, 7) is 2.85. The molecule has 3 aromatic heterocycles. The Morgan fingerprint density at radius 3 is 3.00 bits per heavy atom. The number of aromatic amines is 1. The molecule has 0 aliphatic carbocycles. The number of hydrogen-bond donors (Lipinski definition) is 2. The third-order valence-corrected chi connectivity index (χ3v) is 4.61. The molecule has 3 aromatic rings. The van der Waals surface area contributed by atoms with E-state index in [1.807, 2.05) is 6.07 Å². The van der Waals surface area contributed by atoms with Gasteiger partial charge in [0.25, 0.3) is 0 Å². The fourth-order valence-corrected chi connectivity index (χ4v) is 3.26. The minimum absolute atomic E-state index is 0.541. The van der Waals surface area contributed by atoms with E-state index in [4.69, 9.17) is 9.40 Å². The van der Waals surface area contributed by atoms with Crippen LogP contribution in [0.3, 0.4) is 0 Å². The quantitative estimate of drug-likeness (QED) is 0.775. The molecule has 2 N–H and O–H groups in total. The van der Waals surface area contributed by atoms with Gasteiger partial charge in [0.1, 0.15) is 12.1 Å². The summed E-state index contributed by atoms with van der Waals surface area (Å²) in [5.41, 5.74) is 3.52. The van der Waals surface area contributed by atoms with E-state index >= 15 is 0 Å². The van der Waals surface area contributed by atoms with Crippen molar-refractivity contribution in [3.63, 3.8) is 0 Å². The molecule has 0 bridgehead atoms. The van der Waals surface area contributed by atoms with Crippen molar-refractivity contribution in [1.82, 2.24) is 19.9 Å². The molecule has 0 atom stereocenters. The first-order valence-electron chi connectivity index (χ1n) is 8.08. The summed E-state index contributed by atoms with van der Waals surface area (Å²) < 4.78 is 5.24. The van der Waals surface area contributed by atoms with Crippen LogP contribution in [0.25, 0.3) is 11.0 Å². The molecule has 0 spiro atoms. The number of nitrogens with zero attached hydrogens (tertiary/aromatic N) is 3. The Kier molecular flexibility index (Phi) is 3.75. The predicted octanol–water partition coefficient (Wildman–Crippen LogP) is 2.97. The molecule has 6 nitrogen and oxygen atoms in total. The summed E-state index contributed by atoms with van der Waals surface area (Å²) in [5, 5.41) is 3.28. The van der Waals surface area contributed by atoms with Gasteiger partial charge in [-0.05, 0) is 56.6 Å². The van der Waals surface area contributed by atoms with E-state index in [0.717, 1.165) is 29.9 Å². The first-order valence-corrected chi connectivity index (χ1v) is 8.08. The minimum atomic E-state index is 0.541. The highest BCUT2D eigenvalue weighted by Crippen LogP contribution is 2.32. The largest absolute Gasteiger partial charge is 0.447 e. The summed E-state index contributed by atoms with van der Waals surface area (Å²) >= 11 is 0. The van der Waals surface area contributed by atoms with Crippen molar-refractivity contribution in [2.45, 2.75) is 25.3 Å². The number of nitrogens with one attached hydrogen (secondary N) is 2. The molecule has 1 aliphatic rings. The first-order chi connectivity index (χ1) is 11.3. The van der Waals surface area contributed by atoms with Crippen LogP contribution < -0.4 is 5.32 Å². The summed E-state index contributed by atoms with van der Waals surface area (Å²) in [5.74, 6) is 2.11. The molecule has 120 valence electrons. The number of likely N-dealkylation sites (tertiary alicyclic amines) is 1. The molecule has 1 fully saturated rings. The van der Waals surface area contributed by atoms with Gasteiger partial charge in [-0.1, -0.05) is 0 Å². The molecule has 0 amide bonds. The standard InChI is InChI=1S/C17H21N5O/c1-22-7-4-12(5-8-22)13-10-19-14-2-3-15(21-17(13)14)20-11-16-18-6-9-23-16/h2-3,6,9-10,12,19H,4-5,7-8,11H2,1H3,(H,20,21). The molecule has 23 heavy (non-hydrogen) atoms. The Labute approximate surface area is 134 Å². The monoisotopic (exact) mass is 311 g/mol. The third-order valence-electron chi connectivity index (χ3n) is 4.61. The van der Waals surface area contributed by atoms with Crippen LogP contribution in [0.15, 0.2) is 35.2 Å². The lowest BCUT2D eigenvalue weighted by Gasteiger charge is -2.28. The normalized spacial score (nSPS) is 16.9. The number of rotatable bonds is 4. The Morgan fingerprint density at radius 2 is 2.22 bits per heavy atom. The van der Waals surface area contributed by atoms with Gasteiger partial charge in [-0.2, -0.15) is 0 Å². The average molecular weight is 311 g/mol. The Bertz CT molecular complexity index is 771. The number of hydrogen-bond acceptors (Lipinski definition) is 5. The van der Waals surface area contributed by atoms with Crippen LogP contribution in [0.5, 0.6) is 0 Å². The number of H-pyrrole nitrogens is 1. The maximum absolute atomic E-state index is 5.24. The molecule has 0 radical (unpaired) electrons. The zero-order valence-electron chi connectivity index (χ0n) is 13.2. The average Bonchev–Trinajstić information content (AvgIpc) is 3.23. The van der Waals surface area contributed by atoms with Gasteiger partial charge < -0.3 is 19.6 Å². The van der Waals surface area contributed by atoms with E-state index in [-0.39, 0.29) is 0 Å². The molecule has 0 saturated carbocycles. The van der Waals surface area contributed by atoms with Crippen molar-refractivity contribution < 1.29 is 4.42 Å². The Hall–Kier alpha value is -2.34. The zero-order chi connectivity index (χ0) is 15.6. The van der Waals surface area contributed by atoms with Gasteiger partial charge in [0, 0.05) is 6.20 Å². The molecule has 4 heterocycles. The van der Waals surface area contributed by atoms with Crippen LogP contribution in [0.4, 0.5) is 5.82 Å². The SMILES string of the molecule is CN1CCC(c2c[nH]c3ccc(NCc4ncco4)nc23)CC1.